The van der Waals surface area contributed by atoms with Crippen LogP contribution in [0.25, 0.3) is 0 Å². The van der Waals surface area contributed by atoms with Gasteiger partial charge in [0.05, 0.1) is 0 Å². The molecule has 0 radical (unpaired) electrons. The van der Waals surface area contributed by atoms with Crippen molar-refractivity contribution in [3.05, 3.63) is 0 Å². The van der Waals surface area contributed by atoms with Crippen LogP contribution < -0.4 is 11.1 Å². The van der Waals surface area contributed by atoms with Gasteiger partial charge in [0, 0.05) is 12.6 Å². The summed E-state index contributed by atoms with van der Waals surface area (Å²) in [7, 11) is 1.81. The van der Waals surface area contributed by atoms with E-state index in [1.807, 2.05) is 0 Å². The molecule has 0 saturated carbocycles. The molecular weight excluding hydrogens is 180 g/mol. The van der Waals surface area contributed by atoms with Crippen molar-refractivity contribution in [2.45, 2.75) is 32.2 Å². The van der Waals surface area contributed by atoms with E-state index in [2.05, 4.69) is 34.7 Å². The van der Waals surface area contributed by atoms with Crippen LogP contribution in [0.2, 0.25) is 0 Å². The largest absolute Gasteiger partial charge is 0.348 e. The molecule has 0 fully saturated rings. The van der Waals surface area contributed by atoms with E-state index in [-0.39, 0.29) is 5.54 Å². The van der Waals surface area contributed by atoms with Gasteiger partial charge < -0.3 is 11.1 Å². The highest BCUT2D eigenvalue weighted by Crippen LogP contribution is 2.18. The first-order valence-electron chi connectivity index (χ1n) is 4.82. The summed E-state index contributed by atoms with van der Waals surface area (Å²) in [6.07, 6.45) is 1.88. The number of nitrogens with one attached hydrogen (secondary N) is 1. The van der Waals surface area contributed by atoms with Crippen LogP contribution in [0.1, 0.15) is 26.7 Å². The maximum Gasteiger partial charge on any atom is 0.243 e. The SMILES string of the molecule is CCC(C)(CCN)Nc1nnnn1C. The number of nitrogens with zero attached hydrogens (tertiary/aromatic N) is 4. The summed E-state index contributed by atoms with van der Waals surface area (Å²) in [6.45, 7) is 4.89. The number of aryl methyl sites for hydroxylation is 1. The van der Waals surface area contributed by atoms with Crippen molar-refractivity contribution in [3.8, 4) is 0 Å². The topological polar surface area (TPSA) is 81.7 Å². The van der Waals surface area contributed by atoms with Crippen LogP contribution in [0.3, 0.4) is 0 Å². The number of tetrazole rings is 1. The molecule has 3 N–H and O–H groups in total. The quantitative estimate of drug-likeness (QED) is 0.703. The van der Waals surface area contributed by atoms with E-state index < -0.39 is 0 Å². The zero-order chi connectivity index (χ0) is 10.6. The van der Waals surface area contributed by atoms with Crippen LogP contribution in [0.15, 0.2) is 0 Å². The van der Waals surface area contributed by atoms with Crippen LogP contribution in [-0.4, -0.2) is 32.3 Å². The molecule has 1 rings (SSSR count). The van der Waals surface area contributed by atoms with E-state index in [0.717, 1.165) is 12.8 Å². The maximum absolute atomic E-state index is 5.56. The summed E-state index contributed by atoms with van der Waals surface area (Å²) in [5, 5.41) is 14.5. The Hall–Kier alpha value is -1.17. The zero-order valence-electron chi connectivity index (χ0n) is 8.99. The fourth-order valence-electron chi connectivity index (χ4n) is 1.25. The van der Waals surface area contributed by atoms with Crippen molar-refractivity contribution in [3.63, 3.8) is 0 Å². The van der Waals surface area contributed by atoms with E-state index in [1.165, 1.54) is 0 Å². The van der Waals surface area contributed by atoms with E-state index in [1.54, 1.807) is 11.7 Å². The van der Waals surface area contributed by atoms with E-state index >= 15 is 0 Å². The highest BCUT2D eigenvalue weighted by atomic mass is 15.6. The van der Waals surface area contributed by atoms with Gasteiger partial charge in [-0.3, -0.25) is 0 Å². The molecule has 0 aliphatic heterocycles. The van der Waals surface area contributed by atoms with Crippen molar-refractivity contribution in [2.75, 3.05) is 11.9 Å². The minimum Gasteiger partial charge on any atom is -0.348 e. The van der Waals surface area contributed by atoms with Crippen molar-refractivity contribution < 1.29 is 0 Å². The van der Waals surface area contributed by atoms with Crippen LogP contribution in [0.4, 0.5) is 5.95 Å². The minimum atomic E-state index is -0.0305. The normalized spacial score (nSPS) is 15.1. The van der Waals surface area contributed by atoms with Crippen LogP contribution in [0.5, 0.6) is 0 Å². The molecule has 1 heterocycles. The van der Waals surface area contributed by atoms with Gasteiger partial charge in [0.25, 0.3) is 0 Å². The van der Waals surface area contributed by atoms with Crippen LogP contribution >= 0.6 is 0 Å². The van der Waals surface area contributed by atoms with E-state index in [0.29, 0.717) is 12.5 Å². The standard InChI is InChI=1S/C8H18N6/c1-4-8(2,5-6-9)10-7-11-12-13-14(7)3/h4-6,9H2,1-3H3,(H,10,11,13). The first-order chi connectivity index (χ1) is 6.61. The summed E-state index contributed by atoms with van der Waals surface area (Å²) < 4.78 is 1.62. The average Bonchev–Trinajstić information content (AvgIpc) is 2.52. The van der Waals surface area contributed by atoms with Crippen LogP contribution in [-0.2, 0) is 7.05 Å². The highest BCUT2D eigenvalue weighted by Gasteiger charge is 2.22. The van der Waals surface area contributed by atoms with Crippen molar-refractivity contribution in [2.24, 2.45) is 12.8 Å². The molecule has 0 aliphatic carbocycles. The smallest absolute Gasteiger partial charge is 0.243 e. The molecule has 0 spiro atoms. The average molecular weight is 198 g/mol. The number of rotatable bonds is 5. The number of aromatic nitrogens is 4. The number of hydrogen-bond donors (Lipinski definition) is 2. The number of nitrogens with two attached hydrogens (primary N) is 1. The van der Waals surface area contributed by atoms with Gasteiger partial charge in [-0.05, 0) is 36.7 Å². The summed E-state index contributed by atoms with van der Waals surface area (Å²) >= 11 is 0. The third kappa shape index (κ3) is 2.41. The van der Waals surface area contributed by atoms with Gasteiger partial charge in [-0.2, -0.15) is 0 Å². The molecule has 1 atom stereocenters. The van der Waals surface area contributed by atoms with Crippen molar-refractivity contribution in [1.82, 2.24) is 20.2 Å². The second-order valence-corrected chi connectivity index (χ2v) is 3.70. The Balaban J connectivity index is 2.69. The van der Waals surface area contributed by atoms with Crippen molar-refractivity contribution >= 4 is 5.95 Å². The molecule has 0 saturated heterocycles. The molecule has 0 amide bonds. The van der Waals surface area contributed by atoms with Gasteiger partial charge in [0.2, 0.25) is 5.95 Å². The second-order valence-electron chi connectivity index (χ2n) is 3.70. The maximum atomic E-state index is 5.56. The van der Waals surface area contributed by atoms with Crippen LogP contribution in [0, 0.1) is 0 Å². The molecule has 0 aromatic carbocycles. The van der Waals surface area contributed by atoms with Gasteiger partial charge in [-0.1, -0.05) is 12.0 Å². The molecule has 6 nitrogen and oxygen atoms in total. The van der Waals surface area contributed by atoms with Gasteiger partial charge in [-0.15, -0.1) is 0 Å². The minimum absolute atomic E-state index is 0.0305. The fraction of sp³-hybridized carbons (Fsp3) is 0.875. The third-order valence-corrected chi connectivity index (χ3v) is 2.51. The molecule has 6 heteroatoms. The van der Waals surface area contributed by atoms with Gasteiger partial charge in [0.15, 0.2) is 0 Å². The first kappa shape index (κ1) is 10.9. The third-order valence-electron chi connectivity index (χ3n) is 2.51. The zero-order valence-corrected chi connectivity index (χ0v) is 8.99. The Morgan fingerprint density at radius 2 is 2.29 bits per heavy atom. The Morgan fingerprint density at radius 1 is 1.57 bits per heavy atom. The monoisotopic (exact) mass is 198 g/mol. The number of anilines is 1. The molecule has 1 aromatic rings. The summed E-state index contributed by atoms with van der Waals surface area (Å²) in [5.41, 5.74) is 5.53. The van der Waals surface area contributed by atoms with Gasteiger partial charge in [0.1, 0.15) is 0 Å². The molecule has 14 heavy (non-hydrogen) atoms. The molecule has 1 aromatic heterocycles. The Kier molecular flexibility index (Phi) is 3.40. The van der Waals surface area contributed by atoms with Crippen molar-refractivity contribution in [1.29, 1.82) is 0 Å². The summed E-state index contributed by atoms with van der Waals surface area (Å²) in [4.78, 5) is 0. The lowest BCUT2D eigenvalue weighted by Gasteiger charge is -2.28. The lowest BCUT2D eigenvalue weighted by Crippen LogP contribution is -2.37. The molecular formula is C8H18N6. The second kappa shape index (κ2) is 4.36. The summed E-state index contributed by atoms with van der Waals surface area (Å²) in [6, 6.07) is 0. The van der Waals surface area contributed by atoms with Gasteiger partial charge >= 0.3 is 0 Å². The van der Waals surface area contributed by atoms with Gasteiger partial charge in [-0.25, -0.2) is 4.68 Å². The lowest BCUT2D eigenvalue weighted by molar-refractivity contribution is 0.457. The predicted molar refractivity (Wildman–Crippen MR) is 54.8 cm³/mol. The Labute approximate surface area is 83.9 Å². The predicted octanol–water partition coefficient (Wildman–Crippen LogP) is 0.139. The first-order valence-corrected chi connectivity index (χ1v) is 4.82. The Bertz CT molecular complexity index is 283. The molecule has 1 unspecified atom stereocenters. The highest BCUT2D eigenvalue weighted by molar-refractivity contribution is 5.26. The number of hydrogen-bond acceptors (Lipinski definition) is 5. The van der Waals surface area contributed by atoms with E-state index in [9.17, 15) is 0 Å². The Morgan fingerprint density at radius 3 is 2.71 bits per heavy atom. The van der Waals surface area contributed by atoms with E-state index in [4.69, 9.17) is 5.73 Å². The molecule has 0 bridgehead atoms. The fourth-order valence-corrected chi connectivity index (χ4v) is 1.25. The molecule has 80 valence electrons. The molecule has 0 aliphatic rings. The summed E-state index contributed by atoms with van der Waals surface area (Å²) in [5.74, 6) is 0.683. The lowest BCUT2D eigenvalue weighted by atomic mass is 9.95.